The molecule has 0 aliphatic heterocycles. The average Bonchev–Trinajstić information content (AvgIpc) is 4.07. The predicted molar refractivity (Wildman–Crippen MR) is 345 cm³/mol. The zero-order chi connectivity index (χ0) is 60.7. The van der Waals surface area contributed by atoms with Crippen LogP contribution in [0.15, 0.2) is 84.9 Å². The molecule has 0 aromatic heterocycles. The summed E-state index contributed by atoms with van der Waals surface area (Å²) in [6, 6.07) is 25.8. The number of hydrogen-bond acceptors (Lipinski definition) is 10. The van der Waals surface area contributed by atoms with Crippen molar-refractivity contribution in [1.82, 2.24) is 0 Å². The Morgan fingerprint density at radius 3 is 1.22 bits per heavy atom. The van der Waals surface area contributed by atoms with Crippen molar-refractivity contribution < 1.29 is 49.5 Å². The minimum atomic E-state index is -1.08. The summed E-state index contributed by atoms with van der Waals surface area (Å²) < 4.78 is 0. The average molecular weight is 1130 g/mol. The summed E-state index contributed by atoms with van der Waals surface area (Å²) in [5.74, 6) is 4.83. The number of carboxylic acid groups (broad SMARTS) is 2. The summed E-state index contributed by atoms with van der Waals surface area (Å²) in [5, 5.41) is 61.3. The fourth-order valence-electron chi connectivity index (χ4n) is 11.0. The van der Waals surface area contributed by atoms with Crippen LogP contribution in [0, 0.1) is 41.4 Å². The molecule has 8 N–H and O–H groups in total. The van der Waals surface area contributed by atoms with E-state index in [0.29, 0.717) is 58.8 Å². The molecule has 3 saturated carbocycles. The van der Waals surface area contributed by atoms with Gasteiger partial charge in [-0.1, -0.05) is 177 Å². The quantitative estimate of drug-likeness (QED) is 0.0345. The standard InChI is InChI=1S/C19H27NO3.C19H21NO3.C10H21BO.C10H15BO.C8H17BO2.CH4/c2*1-12(2)15-6-4-14(5-7-15)11-20-18-9-16(13(3)21)8-17(10-18)19(22)23;2*1-8(2)9-4-6-10(7-5-9)11(3)12;1-6(2)7-3-4-8(5-7)9(10)11;/h8-10,12,14-15,20H,4-7,11H2,1-3H3,(H,22,23);4-10,12,20H,11H2,1-3H3,(H,22,23);8-10,12H,4-7H2,1-3H3;4-8,12H,1-3H3;6-8,10-11H,3-5H2,1-2H3;1H4. The van der Waals surface area contributed by atoms with Crippen molar-refractivity contribution >= 4 is 61.3 Å². The molecular formula is C67H105B3N2O10. The van der Waals surface area contributed by atoms with Crippen LogP contribution < -0.4 is 16.1 Å². The first-order valence-corrected chi connectivity index (χ1v) is 30.2. The Morgan fingerprint density at radius 2 is 0.878 bits per heavy atom. The second kappa shape index (κ2) is 36.5. The number of hydrogen-bond donors (Lipinski definition) is 8. The van der Waals surface area contributed by atoms with E-state index >= 15 is 0 Å². The van der Waals surface area contributed by atoms with Crippen molar-refractivity contribution in [3.8, 4) is 0 Å². The van der Waals surface area contributed by atoms with Crippen LogP contribution >= 0.6 is 0 Å². The number of carbonyl (C=O) groups excluding carboxylic acids is 2. The van der Waals surface area contributed by atoms with Gasteiger partial charge in [-0.3, -0.25) is 9.59 Å². The van der Waals surface area contributed by atoms with Gasteiger partial charge in [0.25, 0.3) is 6.92 Å². The van der Waals surface area contributed by atoms with Gasteiger partial charge in [0.2, 0.25) is 0 Å². The van der Waals surface area contributed by atoms with Crippen LogP contribution in [0.2, 0.25) is 25.3 Å². The third-order valence-electron chi connectivity index (χ3n) is 17.2. The zero-order valence-electron chi connectivity index (χ0n) is 51.7. The van der Waals surface area contributed by atoms with Crippen molar-refractivity contribution in [2.75, 3.05) is 17.2 Å². The first kappa shape index (κ1) is 72.9. The van der Waals surface area contributed by atoms with Crippen molar-refractivity contribution in [3.05, 3.63) is 124 Å². The van der Waals surface area contributed by atoms with Crippen LogP contribution in [-0.2, 0) is 6.54 Å². The number of rotatable bonds is 18. The number of nitrogens with one attached hydrogen (secondary N) is 2. The van der Waals surface area contributed by atoms with Gasteiger partial charge in [-0.05, 0) is 169 Å². The second-order valence-electron chi connectivity index (χ2n) is 25.1. The topological polar surface area (TPSA) is 214 Å². The Hall–Kier alpha value is -5.21. The lowest BCUT2D eigenvalue weighted by atomic mass is 9.53. The molecule has 2 unspecified atom stereocenters. The van der Waals surface area contributed by atoms with Gasteiger partial charge < -0.3 is 40.9 Å². The van der Waals surface area contributed by atoms with Crippen molar-refractivity contribution in [3.63, 3.8) is 0 Å². The maximum atomic E-state index is 11.6. The van der Waals surface area contributed by atoms with E-state index in [9.17, 15) is 34.3 Å². The Balaban J connectivity index is 0.000000363. The van der Waals surface area contributed by atoms with Gasteiger partial charge >= 0.3 is 26.0 Å². The molecule has 15 heteroatoms. The number of anilines is 2. The third kappa shape index (κ3) is 25.7. The van der Waals surface area contributed by atoms with Gasteiger partial charge in [0.1, 0.15) is 0 Å². The highest BCUT2D eigenvalue weighted by Gasteiger charge is 2.34. The number of benzene rings is 4. The molecule has 3 aliphatic rings. The summed E-state index contributed by atoms with van der Waals surface area (Å²) >= 11 is 0. The molecule has 3 fully saturated rings. The molecule has 4 aromatic rings. The Labute approximate surface area is 495 Å². The summed E-state index contributed by atoms with van der Waals surface area (Å²) in [7, 11) is -1.08. The lowest BCUT2D eigenvalue weighted by Gasteiger charge is -2.31. The molecular weight excluding hydrogens is 1030 g/mol. The van der Waals surface area contributed by atoms with Crippen molar-refractivity contribution in [1.29, 1.82) is 0 Å². The predicted octanol–water partition coefficient (Wildman–Crippen LogP) is 15.2. The van der Waals surface area contributed by atoms with E-state index in [4.69, 9.17) is 15.2 Å². The molecule has 82 heavy (non-hydrogen) atoms. The molecule has 12 nitrogen and oxygen atoms in total. The fourth-order valence-corrected chi connectivity index (χ4v) is 11.0. The van der Waals surface area contributed by atoms with E-state index < -0.39 is 19.1 Å². The highest BCUT2D eigenvalue weighted by atomic mass is 16.4. The minimum Gasteiger partial charge on any atom is -0.478 e. The van der Waals surface area contributed by atoms with Crippen LogP contribution in [-0.4, -0.2) is 81.3 Å². The van der Waals surface area contributed by atoms with Crippen molar-refractivity contribution in [2.45, 2.75) is 205 Å². The summed E-state index contributed by atoms with van der Waals surface area (Å²) in [6.07, 6.45) is 13.3. The van der Waals surface area contributed by atoms with E-state index in [1.807, 2.05) is 19.0 Å². The lowest BCUT2D eigenvalue weighted by Crippen LogP contribution is -2.25. The SMILES string of the molecule is C.CB(O)C1CCC(C(C)C)CC1.CB(O)c1ccc(C(C)C)cc1.CC(=O)c1cc(NCC2CCC(C(C)C)CC2)cc(C(=O)O)c1.CC(=O)c1cc(NCc2ccc(C(C)C)cc2)cc(C(=O)O)c1.CC(C)C1CCC(B(O)O)C1. The Kier molecular flexibility index (Phi) is 32.4. The molecule has 0 bridgehead atoms. The van der Waals surface area contributed by atoms with Crippen LogP contribution in [0.5, 0.6) is 0 Å². The molecule has 0 spiro atoms. The smallest absolute Gasteiger partial charge is 0.454 e. The van der Waals surface area contributed by atoms with Gasteiger partial charge in [-0.2, -0.15) is 0 Å². The third-order valence-corrected chi connectivity index (χ3v) is 17.2. The van der Waals surface area contributed by atoms with Gasteiger partial charge in [-0.25, -0.2) is 9.59 Å². The normalized spacial score (nSPS) is 19.2. The first-order chi connectivity index (χ1) is 38.1. The second-order valence-corrected chi connectivity index (χ2v) is 25.1. The molecule has 7 rings (SSSR count). The largest absolute Gasteiger partial charge is 0.478 e. The maximum Gasteiger partial charge on any atom is 0.454 e. The number of carboxylic acids is 2. The Morgan fingerprint density at radius 1 is 0.500 bits per heavy atom. The monoisotopic (exact) mass is 1130 g/mol. The van der Waals surface area contributed by atoms with Crippen LogP contribution in [0.4, 0.5) is 11.4 Å². The molecule has 0 amide bonds. The van der Waals surface area contributed by atoms with E-state index in [0.717, 1.165) is 59.8 Å². The van der Waals surface area contributed by atoms with E-state index in [-0.39, 0.29) is 49.8 Å². The van der Waals surface area contributed by atoms with E-state index in [2.05, 4.69) is 116 Å². The van der Waals surface area contributed by atoms with Crippen molar-refractivity contribution in [2.24, 2.45) is 41.4 Å². The van der Waals surface area contributed by atoms with E-state index in [1.165, 1.54) is 101 Å². The number of Topliss-reactive ketones (excluding diaryl/α,β-unsaturated/α-hetero) is 2. The van der Waals surface area contributed by atoms with Gasteiger partial charge in [0, 0.05) is 35.6 Å². The molecule has 0 heterocycles. The fraction of sp³-hybridized carbons (Fsp3) is 0.582. The zero-order valence-corrected chi connectivity index (χ0v) is 51.7. The molecule has 2 atom stereocenters. The maximum absolute atomic E-state index is 11.6. The Bertz CT molecular complexity index is 2390. The molecule has 4 aromatic carbocycles. The number of ketones is 2. The number of carbonyl (C=O) groups is 4. The minimum absolute atomic E-state index is 0. The highest BCUT2D eigenvalue weighted by Crippen LogP contribution is 2.40. The van der Waals surface area contributed by atoms with E-state index in [1.54, 1.807) is 25.0 Å². The molecule has 0 saturated heterocycles. The first-order valence-electron chi connectivity index (χ1n) is 30.2. The summed E-state index contributed by atoms with van der Waals surface area (Å²) in [4.78, 5) is 45.4. The van der Waals surface area contributed by atoms with Crippen LogP contribution in [0.3, 0.4) is 0 Å². The summed E-state index contributed by atoms with van der Waals surface area (Å²) in [6.45, 7) is 29.8. The lowest BCUT2D eigenvalue weighted by molar-refractivity contribution is 0.0686. The number of aromatic carboxylic acids is 2. The van der Waals surface area contributed by atoms with Gasteiger partial charge in [-0.15, -0.1) is 0 Å². The van der Waals surface area contributed by atoms with Crippen LogP contribution in [0.25, 0.3) is 0 Å². The molecule has 3 aliphatic carbocycles. The summed E-state index contributed by atoms with van der Waals surface area (Å²) in [5.41, 5.74) is 7.13. The molecule has 452 valence electrons. The highest BCUT2D eigenvalue weighted by molar-refractivity contribution is 6.64. The molecule has 0 radical (unpaired) electrons. The van der Waals surface area contributed by atoms with Crippen LogP contribution in [0.1, 0.15) is 231 Å². The van der Waals surface area contributed by atoms with Gasteiger partial charge in [0.15, 0.2) is 11.6 Å². The van der Waals surface area contributed by atoms with Gasteiger partial charge in [0.05, 0.1) is 11.1 Å².